The van der Waals surface area contributed by atoms with E-state index < -0.39 is 0 Å². The molecule has 1 heterocycles. The third-order valence-electron chi connectivity index (χ3n) is 2.27. The zero-order chi connectivity index (χ0) is 12.3. The lowest BCUT2D eigenvalue weighted by Crippen LogP contribution is -1.98. The van der Waals surface area contributed by atoms with Crippen LogP contribution < -0.4 is 15.2 Å². The predicted octanol–water partition coefficient (Wildman–Crippen LogP) is 3.68. The standard InChI is InChI=1S/C12H12BrNO2S/c1-15-8-2-3-11(10(14)6-8)16-7-12-9(13)4-5-17-12/h2-6H,7,14H2,1H3. The number of anilines is 1. The molecule has 3 nitrogen and oxygen atoms in total. The summed E-state index contributed by atoms with van der Waals surface area (Å²) in [5.74, 6) is 1.40. The molecule has 0 aliphatic carbocycles. The summed E-state index contributed by atoms with van der Waals surface area (Å²) in [7, 11) is 1.61. The maximum Gasteiger partial charge on any atom is 0.143 e. The maximum atomic E-state index is 5.86. The number of benzene rings is 1. The molecule has 5 heteroatoms. The van der Waals surface area contributed by atoms with Crippen LogP contribution >= 0.6 is 27.3 Å². The SMILES string of the molecule is COc1ccc(OCc2sccc2Br)c(N)c1. The van der Waals surface area contributed by atoms with E-state index in [1.165, 1.54) is 0 Å². The van der Waals surface area contributed by atoms with Crippen molar-refractivity contribution in [3.63, 3.8) is 0 Å². The normalized spacial score (nSPS) is 10.2. The first-order valence-electron chi connectivity index (χ1n) is 4.99. The van der Waals surface area contributed by atoms with Crippen molar-refractivity contribution in [3.8, 4) is 11.5 Å². The second-order valence-electron chi connectivity index (χ2n) is 3.38. The third kappa shape index (κ3) is 2.92. The summed E-state index contributed by atoms with van der Waals surface area (Å²) in [4.78, 5) is 1.14. The Morgan fingerprint density at radius 1 is 1.35 bits per heavy atom. The molecule has 0 aliphatic rings. The summed E-state index contributed by atoms with van der Waals surface area (Å²) in [6.07, 6.45) is 0. The molecular weight excluding hydrogens is 302 g/mol. The molecule has 2 N–H and O–H groups in total. The van der Waals surface area contributed by atoms with Gasteiger partial charge in [0.25, 0.3) is 0 Å². The first-order chi connectivity index (χ1) is 8.20. The quantitative estimate of drug-likeness (QED) is 0.876. The third-order valence-corrected chi connectivity index (χ3v) is 4.17. The minimum absolute atomic E-state index is 0.509. The van der Waals surface area contributed by atoms with Crippen LogP contribution in [0.2, 0.25) is 0 Å². The topological polar surface area (TPSA) is 44.5 Å². The number of thiophene rings is 1. The Hall–Kier alpha value is -1.20. The molecule has 90 valence electrons. The zero-order valence-corrected chi connectivity index (χ0v) is 11.7. The van der Waals surface area contributed by atoms with Gasteiger partial charge in [0.2, 0.25) is 0 Å². The summed E-state index contributed by atoms with van der Waals surface area (Å²) < 4.78 is 11.8. The van der Waals surface area contributed by atoms with Crippen LogP contribution in [0.4, 0.5) is 5.69 Å². The summed E-state index contributed by atoms with van der Waals surface area (Å²) in [6, 6.07) is 7.39. The van der Waals surface area contributed by atoms with Gasteiger partial charge in [-0.1, -0.05) is 0 Å². The minimum Gasteiger partial charge on any atom is -0.497 e. The molecule has 0 saturated heterocycles. The van der Waals surface area contributed by atoms with Crippen molar-refractivity contribution in [2.24, 2.45) is 0 Å². The van der Waals surface area contributed by atoms with E-state index in [1.54, 1.807) is 24.5 Å². The van der Waals surface area contributed by atoms with Crippen molar-refractivity contribution in [1.29, 1.82) is 0 Å². The number of halogens is 1. The van der Waals surface area contributed by atoms with Gasteiger partial charge in [-0.15, -0.1) is 11.3 Å². The molecule has 0 aliphatic heterocycles. The summed E-state index contributed by atoms with van der Waals surface area (Å²) >= 11 is 5.11. The highest BCUT2D eigenvalue weighted by Gasteiger charge is 2.05. The number of rotatable bonds is 4. The number of nitrogens with two attached hydrogens (primary N) is 1. The molecule has 0 saturated carbocycles. The molecule has 0 radical (unpaired) electrons. The van der Waals surface area contributed by atoms with Crippen LogP contribution in [-0.4, -0.2) is 7.11 Å². The Morgan fingerprint density at radius 3 is 2.76 bits per heavy atom. The van der Waals surface area contributed by atoms with Gasteiger partial charge in [0.1, 0.15) is 18.1 Å². The van der Waals surface area contributed by atoms with Crippen LogP contribution in [0.25, 0.3) is 0 Å². The van der Waals surface area contributed by atoms with Crippen LogP contribution in [0, 0.1) is 0 Å². The zero-order valence-electron chi connectivity index (χ0n) is 9.27. The minimum atomic E-state index is 0.509. The van der Waals surface area contributed by atoms with E-state index in [1.807, 2.05) is 23.6 Å². The second kappa shape index (κ2) is 5.42. The van der Waals surface area contributed by atoms with E-state index >= 15 is 0 Å². The maximum absolute atomic E-state index is 5.86. The van der Waals surface area contributed by atoms with Gasteiger partial charge < -0.3 is 15.2 Å². The molecule has 17 heavy (non-hydrogen) atoms. The van der Waals surface area contributed by atoms with Gasteiger partial charge in [0, 0.05) is 10.5 Å². The molecule has 0 unspecified atom stereocenters. The van der Waals surface area contributed by atoms with Crippen molar-refractivity contribution >= 4 is 33.0 Å². The molecule has 0 bridgehead atoms. The largest absolute Gasteiger partial charge is 0.497 e. The second-order valence-corrected chi connectivity index (χ2v) is 5.24. The Morgan fingerprint density at radius 2 is 2.18 bits per heavy atom. The van der Waals surface area contributed by atoms with Crippen LogP contribution in [0.1, 0.15) is 4.88 Å². The van der Waals surface area contributed by atoms with Crippen LogP contribution in [-0.2, 0) is 6.61 Å². The van der Waals surface area contributed by atoms with E-state index in [4.69, 9.17) is 15.2 Å². The monoisotopic (exact) mass is 313 g/mol. The number of nitrogen functional groups attached to an aromatic ring is 1. The van der Waals surface area contributed by atoms with Crippen LogP contribution in [0.3, 0.4) is 0 Å². The predicted molar refractivity (Wildman–Crippen MR) is 73.8 cm³/mol. The molecular formula is C12H12BrNO2S. The molecule has 0 amide bonds. The lowest BCUT2D eigenvalue weighted by Gasteiger charge is -2.09. The highest BCUT2D eigenvalue weighted by Crippen LogP contribution is 2.29. The fourth-order valence-corrected chi connectivity index (χ4v) is 2.73. The number of hydrogen-bond acceptors (Lipinski definition) is 4. The fourth-order valence-electron chi connectivity index (χ4n) is 1.36. The molecule has 0 fully saturated rings. The Labute approximate surface area is 112 Å². The van der Waals surface area contributed by atoms with Gasteiger partial charge in [-0.3, -0.25) is 0 Å². The van der Waals surface area contributed by atoms with Crippen LogP contribution in [0.5, 0.6) is 11.5 Å². The summed E-state index contributed by atoms with van der Waals surface area (Å²) in [5, 5.41) is 2.01. The van der Waals surface area contributed by atoms with E-state index in [-0.39, 0.29) is 0 Å². The lowest BCUT2D eigenvalue weighted by molar-refractivity contribution is 0.310. The Balaban J connectivity index is 2.07. The number of ether oxygens (including phenoxy) is 2. The highest BCUT2D eigenvalue weighted by molar-refractivity contribution is 9.10. The van der Waals surface area contributed by atoms with Gasteiger partial charge in [-0.05, 0) is 39.5 Å². The van der Waals surface area contributed by atoms with Crippen molar-refractivity contribution < 1.29 is 9.47 Å². The van der Waals surface area contributed by atoms with Crippen molar-refractivity contribution in [1.82, 2.24) is 0 Å². The van der Waals surface area contributed by atoms with E-state index in [0.717, 1.165) is 15.1 Å². The molecule has 0 atom stereocenters. The first kappa shape index (κ1) is 12.3. The van der Waals surface area contributed by atoms with E-state index in [2.05, 4.69) is 15.9 Å². The van der Waals surface area contributed by atoms with Crippen molar-refractivity contribution in [3.05, 3.63) is 39.0 Å². The molecule has 2 rings (SSSR count). The lowest BCUT2D eigenvalue weighted by atomic mass is 10.3. The fraction of sp³-hybridized carbons (Fsp3) is 0.167. The molecule has 0 spiro atoms. The van der Waals surface area contributed by atoms with E-state index in [0.29, 0.717) is 18.0 Å². The van der Waals surface area contributed by atoms with Gasteiger partial charge >= 0.3 is 0 Å². The van der Waals surface area contributed by atoms with Crippen LogP contribution in [0.15, 0.2) is 34.1 Å². The molecule has 2 aromatic rings. The van der Waals surface area contributed by atoms with Crippen molar-refractivity contribution in [2.75, 3.05) is 12.8 Å². The average Bonchev–Trinajstić information content (AvgIpc) is 2.73. The van der Waals surface area contributed by atoms with Gasteiger partial charge in [0.05, 0.1) is 17.7 Å². The first-order valence-corrected chi connectivity index (χ1v) is 6.66. The summed E-state index contributed by atoms with van der Waals surface area (Å²) in [6.45, 7) is 0.509. The van der Waals surface area contributed by atoms with Gasteiger partial charge in [-0.2, -0.15) is 0 Å². The number of methoxy groups -OCH3 is 1. The Bertz CT molecular complexity index is 513. The smallest absolute Gasteiger partial charge is 0.143 e. The van der Waals surface area contributed by atoms with Gasteiger partial charge in [0.15, 0.2) is 0 Å². The molecule has 1 aromatic heterocycles. The van der Waals surface area contributed by atoms with Crippen molar-refractivity contribution in [2.45, 2.75) is 6.61 Å². The molecule has 1 aromatic carbocycles. The highest BCUT2D eigenvalue weighted by atomic mass is 79.9. The summed E-state index contributed by atoms with van der Waals surface area (Å²) in [5.41, 5.74) is 6.44. The Kier molecular flexibility index (Phi) is 3.91. The number of hydrogen-bond donors (Lipinski definition) is 1. The van der Waals surface area contributed by atoms with Gasteiger partial charge in [-0.25, -0.2) is 0 Å². The van der Waals surface area contributed by atoms with E-state index in [9.17, 15) is 0 Å². The average molecular weight is 314 g/mol.